The van der Waals surface area contributed by atoms with Crippen LogP contribution >= 0.6 is 12.2 Å². The Morgan fingerprint density at radius 2 is 1.88 bits per heavy atom. The van der Waals surface area contributed by atoms with Crippen LogP contribution < -0.4 is 14.8 Å². The maximum absolute atomic E-state index is 5.50. The summed E-state index contributed by atoms with van der Waals surface area (Å²) in [5, 5.41) is 3.90. The van der Waals surface area contributed by atoms with Crippen molar-refractivity contribution in [1.82, 2.24) is 4.90 Å². The number of hydrogen-bond acceptors (Lipinski definition) is 3. The first-order valence-corrected chi connectivity index (χ1v) is 8.32. The molecule has 4 nitrogen and oxygen atoms in total. The second kappa shape index (κ2) is 8.55. The summed E-state index contributed by atoms with van der Waals surface area (Å²) >= 11 is 5.50. The summed E-state index contributed by atoms with van der Waals surface area (Å²) in [6.07, 6.45) is 0. The van der Waals surface area contributed by atoms with Gasteiger partial charge in [0.1, 0.15) is 11.5 Å². The largest absolute Gasteiger partial charge is 0.496 e. The highest BCUT2D eigenvalue weighted by atomic mass is 32.1. The highest BCUT2D eigenvalue weighted by Crippen LogP contribution is 2.22. The molecule has 0 atom stereocenters. The van der Waals surface area contributed by atoms with Crippen molar-refractivity contribution in [2.75, 3.05) is 26.1 Å². The molecule has 0 aromatic heterocycles. The van der Waals surface area contributed by atoms with Gasteiger partial charge in [0.15, 0.2) is 5.11 Å². The van der Waals surface area contributed by atoms with E-state index < -0.39 is 0 Å². The molecule has 0 bridgehead atoms. The van der Waals surface area contributed by atoms with E-state index >= 15 is 0 Å². The first kappa shape index (κ1) is 18.1. The summed E-state index contributed by atoms with van der Waals surface area (Å²) in [5.41, 5.74) is 3.24. The first-order valence-electron chi connectivity index (χ1n) is 7.92. The summed E-state index contributed by atoms with van der Waals surface area (Å²) < 4.78 is 10.9. The molecular formula is C19H24N2O2S. The fourth-order valence-corrected chi connectivity index (χ4v) is 2.56. The quantitative estimate of drug-likeness (QED) is 0.793. The SMILES string of the molecule is CCOc1ccc(NC(=S)N(C)Cc2cc(C)ccc2OC)cc1. The molecule has 24 heavy (non-hydrogen) atoms. The number of methoxy groups -OCH3 is 1. The fourth-order valence-electron chi connectivity index (χ4n) is 2.38. The monoisotopic (exact) mass is 344 g/mol. The zero-order valence-electron chi connectivity index (χ0n) is 14.6. The maximum Gasteiger partial charge on any atom is 0.173 e. The summed E-state index contributed by atoms with van der Waals surface area (Å²) in [6.45, 7) is 5.37. The van der Waals surface area contributed by atoms with Gasteiger partial charge in [-0.05, 0) is 56.4 Å². The molecule has 2 aromatic carbocycles. The molecule has 0 heterocycles. The Hall–Kier alpha value is -2.27. The Kier molecular flexibility index (Phi) is 6.44. The van der Waals surface area contributed by atoms with Crippen LogP contribution in [-0.2, 0) is 6.54 Å². The van der Waals surface area contributed by atoms with Crippen LogP contribution in [0.5, 0.6) is 11.5 Å². The van der Waals surface area contributed by atoms with Crippen molar-refractivity contribution in [3.8, 4) is 11.5 Å². The van der Waals surface area contributed by atoms with Crippen molar-refractivity contribution in [2.45, 2.75) is 20.4 Å². The highest BCUT2D eigenvalue weighted by molar-refractivity contribution is 7.80. The predicted octanol–water partition coefficient (Wildman–Crippen LogP) is 4.23. The van der Waals surface area contributed by atoms with Crippen LogP contribution in [0, 0.1) is 6.92 Å². The molecule has 128 valence electrons. The van der Waals surface area contributed by atoms with Crippen LogP contribution in [0.4, 0.5) is 5.69 Å². The summed E-state index contributed by atoms with van der Waals surface area (Å²) in [4.78, 5) is 1.99. The minimum absolute atomic E-state index is 0.655. The molecule has 0 spiro atoms. The number of thiocarbonyl (C=S) groups is 1. The summed E-state index contributed by atoms with van der Waals surface area (Å²) in [7, 11) is 3.65. The van der Waals surface area contributed by atoms with Crippen LogP contribution in [0.3, 0.4) is 0 Å². The van der Waals surface area contributed by atoms with E-state index in [4.69, 9.17) is 21.7 Å². The first-order chi connectivity index (χ1) is 11.5. The molecule has 0 fully saturated rings. The van der Waals surface area contributed by atoms with Gasteiger partial charge in [0.05, 0.1) is 13.7 Å². The van der Waals surface area contributed by atoms with Gasteiger partial charge in [-0.25, -0.2) is 0 Å². The lowest BCUT2D eigenvalue weighted by Crippen LogP contribution is -2.30. The van der Waals surface area contributed by atoms with Crippen molar-refractivity contribution in [1.29, 1.82) is 0 Å². The average Bonchev–Trinajstić information content (AvgIpc) is 2.57. The van der Waals surface area contributed by atoms with E-state index in [0.29, 0.717) is 18.3 Å². The van der Waals surface area contributed by atoms with Crippen LogP contribution in [0.2, 0.25) is 0 Å². The smallest absolute Gasteiger partial charge is 0.173 e. The fraction of sp³-hybridized carbons (Fsp3) is 0.316. The van der Waals surface area contributed by atoms with Crippen molar-refractivity contribution in [3.63, 3.8) is 0 Å². The van der Waals surface area contributed by atoms with Crippen molar-refractivity contribution in [3.05, 3.63) is 53.6 Å². The molecule has 0 aliphatic rings. The third kappa shape index (κ3) is 4.86. The van der Waals surface area contributed by atoms with Crippen molar-refractivity contribution < 1.29 is 9.47 Å². The highest BCUT2D eigenvalue weighted by Gasteiger charge is 2.10. The molecule has 0 saturated heterocycles. The lowest BCUT2D eigenvalue weighted by atomic mass is 10.1. The van der Waals surface area contributed by atoms with Crippen LogP contribution in [-0.4, -0.2) is 30.8 Å². The molecule has 0 aliphatic carbocycles. The minimum Gasteiger partial charge on any atom is -0.496 e. The Morgan fingerprint density at radius 1 is 1.17 bits per heavy atom. The van der Waals surface area contributed by atoms with Gasteiger partial charge in [-0.15, -0.1) is 0 Å². The number of benzene rings is 2. The Morgan fingerprint density at radius 3 is 2.50 bits per heavy atom. The number of rotatable bonds is 6. The Bertz CT molecular complexity index is 686. The van der Waals surface area contributed by atoms with Gasteiger partial charge in [-0.3, -0.25) is 0 Å². The standard InChI is InChI=1S/C19H24N2O2S/c1-5-23-17-9-7-16(8-10-17)20-19(24)21(3)13-15-12-14(2)6-11-18(15)22-4/h6-12H,5,13H2,1-4H3,(H,20,24). The molecule has 0 amide bonds. The third-order valence-electron chi connectivity index (χ3n) is 3.61. The number of anilines is 1. The second-order valence-electron chi connectivity index (χ2n) is 5.56. The Labute approximate surface area is 149 Å². The van der Waals surface area contributed by atoms with Gasteiger partial charge in [0.2, 0.25) is 0 Å². The number of nitrogens with zero attached hydrogens (tertiary/aromatic N) is 1. The molecule has 2 rings (SSSR count). The topological polar surface area (TPSA) is 33.7 Å². The van der Waals surface area contributed by atoms with Gasteiger partial charge in [-0.1, -0.05) is 17.7 Å². The molecule has 2 aromatic rings. The van der Waals surface area contributed by atoms with Crippen LogP contribution in [0.25, 0.3) is 0 Å². The molecular weight excluding hydrogens is 320 g/mol. The van der Waals surface area contributed by atoms with E-state index in [1.807, 2.05) is 55.3 Å². The van der Waals surface area contributed by atoms with E-state index in [1.54, 1.807) is 7.11 Å². The summed E-state index contributed by atoms with van der Waals surface area (Å²) in [6, 6.07) is 13.9. The number of nitrogens with one attached hydrogen (secondary N) is 1. The maximum atomic E-state index is 5.50. The van der Waals surface area contributed by atoms with E-state index in [2.05, 4.69) is 18.3 Å². The lowest BCUT2D eigenvalue weighted by molar-refractivity contribution is 0.340. The van der Waals surface area contributed by atoms with Crippen LogP contribution in [0.1, 0.15) is 18.1 Å². The van der Waals surface area contributed by atoms with E-state index in [1.165, 1.54) is 5.56 Å². The van der Waals surface area contributed by atoms with Gasteiger partial charge in [0.25, 0.3) is 0 Å². The number of ether oxygens (including phenoxy) is 2. The molecule has 1 N–H and O–H groups in total. The summed E-state index contributed by atoms with van der Waals surface area (Å²) in [5.74, 6) is 1.73. The molecule has 0 saturated carbocycles. The van der Waals surface area contributed by atoms with Crippen molar-refractivity contribution >= 4 is 23.0 Å². The van der Waals surface area contributed by atoms with Crippen LogP contribution in [0.15, 0.2) is 42.5 Å². The minimum atomic E-state index is 0.655. The third-order valence-corrected chi connectivity index (χ3v) is 4.02. The van der Waals surface area contributed by atoms with Crippen molar-refractivity contribution in [2.24, 2.45) is 0 Å². The van der Waals surface area contributed by atoms with Gasteiger partial charge in [-0.2, -0.15) is 0 Å². The molecule has 0 aliphatic heterocycles. The Balaban J connectivity index is 2.00. The zero-order valence-corrected chi connectivity index (χ0v) is 15.4. The van der Waals surface area contributed by atoms with Gasteiger partial charge < -0.3 is 19.7 Å². The predicted molar refractivity (Wildman–Crippen MR) is 103 cm³/mol. The van der Waals surface area contributed by atoms with E-state index in [0.717, 1.165) is 22.7 Å². The zero-order chi connectivity index (χ0) is 17.5. The van der Waals surface area contributed by atoms with Gasteiger partial charge in [0, 0.05) is 24.8 Å². The molecule has 5 heteroatoms. The molecule has 0 radical (unpaired) electrons. The lowest BCUT2D eigenvalue weighted by Gasteiger charge is -2.22. The average molecular weight is 344 g/mol. The normalized spacial score (nSPS) is 10.2. The van der Waals surface area contributed by atoms with E-state index in [-0.39, 0.29) is 0 Å². The number of aryl methyl sites for hydroxylation is 1. The number of hydrogen-bond donors (Lipinski definition) is 1. The second-order valence-corrected chi connectivity index (χ2v) is 5.95. The molecule has 0 unspecified atom stereocenters. The van der Waals surface area contributed by atoms with Gasteiger partial charge >= 0.3 is 0 Å². The van der Waals surface area contributed by atoms with E-state index in [9.17, 15) is 0 Å².